The molecular formula is C25H27F5N2O3S. The summed E-state index contributed by atoms with van der Waals surface area (Å²) in [5.74, 6) is -1.21. The minimum absolute atomic E-state index is 0.116. The molecular weight excluding hydrogens is 503 g/mol. The van der Waals surface area contributed by atoms with E-state index in [-0.39, 0.29) is 23.4 Å². The number of amides is 1. The Kier molecular flexibility index (Phi) is 5.17. The van der Waals surface area contributed by atoms with Crippen LogP contribution in [0.15, 0.2) is 53.4 Å². The number of halogens is 5. The van der Waals surface area contributed by atoms with E-state index in [2.05, 4.69) is 5.32 Å². The Balaban J connectivity index is 1.32. The maximum absolute atomic E-state index is 13.5. The fourth-order valence-electron chi connectivity index (χ4n) is 5.20. The molecule has 11 heteroatoms. The number of nitrogens with zero attached hydrogens (tertiary/aromatic N) is 1. The topological polar surface area (TPSA) is 69.6 Å². The second kappa shape index (κ2) is 7.44. The molecule has 2 N–H and O–H groups in total. The number of rotatable bonds is 7. The third-order valence-corrected chi connectivity index (χ3v) is 8.97. The van der Waals surface area contributed by atoms with Gasteiger partial charge in [-0.05, 0) is 85.9 Å². The minimum atomic E-state index is -9.74. The molecule has 1 saturated heterocycles. The van der Waals surface area contributed by atoms with Crippen molar-refractivity contribution in [3.63, 3.8) is 0 Å². The highest BCUT2D eigenvalue weighted by Gasteiger charge is 2.65. The molecule has 36 heavy (non-hydrogen) atoms. The van der Waals surface area contributed by atoms with Crippen LogP contribution in [0.3, 0.4) is 0 Å². The quantitative estimate of drug-likeness (QED) is 0.396. The van der Waals surface area contributed by atoms with Gasteiger partial charge in [-0.1, -0.05) is 43.7 Å². The van der Waals surface area contributed by atoms with Gasteiger partial charge in [-0.2, -0.15) is 0 Å². The van der Waals surface area contributed by atoms with Gasteiger partial charge >= 0.3 is 16.2 Å². The second-order valence-corrected chi connectivity index (χ2v) is 12.9. The summed E-state index contributed by atoms with van der Waals surface area (Å²) in [5, 5.41) is 12.3. The highest BCUT2D eigenvalue weighted by Crippen LogP contribution is 3.02. The van der Waals surface area contributed by atoms with E-state index >= 15 is 0 Å². The highest BCUT2D eigenvalue weighted by atomic mass is 32.5. The summed E-state index contributed by atoms with van der Waals surface area (Å²) in [4.78, 5) is 24.6. The Morgan fingerprint density at radius 3 is 2.03 bits per heavy atom. The van der Waals surface area contributed by atoms with Gasteiger partial charge in [0, 0.05) is 6.54 Å². The van der Waals surface area contributed by atoms with Crippen molar-refractivity contribution < 1.29 is 34.1 Å². The predicted molar refractivity (Wildman–Crippen MR) is 125 cm³/mol. The van der Waals surface area contributed by atoms with Crippen LogP contribution in [-0.4, -0.2) is 34.5 Å². The molecule has 5 rings (SSSR count). The Hall–Kier alpha value is -2.66. The molecule has 1 unspecified atom stereocenters. The number of carboxylic acids is 1. The van der Waals surface area contributed by atoms with E-state index in [4.69, 9.17) is 5.11 Å². The molecule has 1 spiro atoms. The van der Waals surface area contributed by atoms with Crippen LogP contribution in [0.25, 0.3) is 0 Å². The summed E-state index contributed by atoms with van der Waals surface area (Å²) >= 11 is 0. The van der Waals surface area contributed by atoms with Crippen LogP contribution >= 0.6 is 10.2 Å². The maximum Gasteiger partial charge on any atom is 0.335 e. The summed E-state index contributed by atoms with van der Waals surface area (Å²) in [6.07, 6.45) is 5.02. The number of carbonyl (C=O) groups excluding carboxylic acids is 1. The van der Waals surface area contributed by atoms with Crippen LogP contribution in [0, 0.1) is 5.41 Å². The average Bonchev–Trinajstić information content (AvgIpc) is 3.72. The largest absolute Gasteiger partial charge is 0.478 e. The Morgan fingerprint density at radius 1 is 0.917 bits per heavy atom. The lowest BCUT2D eigenvalue weighted by Crippen LogP contribution is -2.53. The summed E-state index contributed by atoms with van der Waals surface area (Å²) in [6, 6.07) is 8.86. The summed E-state index contributed by atoms with van der Waals surface area (Å²) in [7, 11) is -9.74. The molecule has 1 heterocycles. The van der Waals surface area contributed by atoms with Crippen LogP contribution in [0.2, 0.25) is 0 Å². The van der Waals surface area contributed by atoms with Crippen molar-refractivity contribution in [2.75, 3.05) is 6.54 Å². The number of aromatic carboxylic acids is 1. The first-order valence-electron chi connectivity index (χ1n) is 11.8. The molecule has 1 aliphatic heterocycles. The second-order valence-electron chi connectivity index (χ2n) is 10.5. The number of likely N-dealkylation sites (tertiary alicyclic amines) is 1. The highest BCUT2D eigenvalue weighted by molar-refractivity contribution is 8.45. The molecule has 1 atom stereocenters. The molecule has 2 aromatic carbocycles. The van der Waals surface area contributed by atoms with Crippen molar-refractivity contribution in [1.82, 2.24) is 10.2 Å². The summed E-state index contributed by atoms with van der Waals surface area (Å²) < 4.78 is 65.4. The van der Waals surface area contributed by atoms with E-state index in [0.29, 0.717) is 30.7 Å². The van der Waals surface area contributed by atoms with Gasteiger partial charge in [0.2, 0.25) is 5.91 Å². The first-order valence-corrected chi connectivity index (χ1v) is 13.8. The molecule has 2 saturated carbocycles. The molecule has 2 aliphatic carbocycles. The zero-order valence-electron chi connectivity index (χ0n) is 19.4. The number of piperidine rings is 1. The molecule has 0 radical (unpaired) electrons. The van der Waals surface area contributed by atoms with Gasteiger partial charge in [0.05, 0.1) is 17.1 Å². The Labute approximate surface area is 205 Å². The van der Waals surface area contributed by atoms with Gasteiger partial charge in [0.1, 0.15) is 4.90 Å². The number of benzene rings is 2. The lowest BCUT2D eigenvalue weighted by molar-refractivity contribution is -0.130. The fraction of sp³-hybridized carbons (Fsp3) is 0.440. The standard InChI is InChI=1S/C25H27F5N2O3S/c26-36(27,28,29,30)20-7-1-17(2-8-20)16-32-14-13-24(9-10-24)15-21(32)22(33)31-25(11-12-25)19-5-3-18(4-6-19)23(34)35/h1-8,21H,9-16H2,(H,31,33)(H,34,35). The van der Waals surface area contributed by atoms with Crippen molar-refractivity contribution in [3.05, 3.63) is 65.2 Å². The lowest BCUT2D eigenvalue weighted by Gasteiger charge is -2.41. The lowest BCUT2D eigenvalue weighted by atomic mass is 9.86. The zero-order valence-corrected chi connectivity index (χ0v) is 20.2. The zero-order chi connectivity index (χ0) is 26.0. The van der Waals surface area contributed by atoms with Crippen molar-refractivity contribution in [1.29, 1.82) is 0 Å². The van der Waals surface area contributed by atoms with Crippen LogP contribution < -0.4 is 5.32 Å². The smallest absolute Gasteiger partial charge is 0.335 e. The van der Waals surface area contributed by atoms with E-state index in [1.54, 1.807) is 12.1 Å². The van der Waals surface area contributed by atoms with E-state index in [1.165, 1.54) is 12.1 Å². The van der Waals surface area contributed by atoms with Gasteiger partial charge in [-0.15, -0.1) is 0 Å². The third-order valence-electron chi connectivity index (χ3n) is 7.81. The van der Waals surface area contributed by atoms with Gasteiger partial charge in [0.15, 0.2) is 0 Å². The molecule has 3 aliphatic rings. The van der Waals surface area contributed by atoms with Crippen molar-refractivity contribution in [3.8, 4) is 0 Å². The molecule has 0 aromatic heterocycles. The first kappa shape index (κ1) is 25.0. The number of hydrogen-bond donors (Lipinski definition) is 2. The molecule has 1 amide bonds. The van der Waals surface area contributed by atoms with Gasteiger partial charge in [-0.25, -0.2) is 4.79 Å². The summed E-state index contributed by atoms with van der Waals surface area (Å²) in [5.41, 5.74) is 0.972. The van der Waals surface area contributed by atoms with E-state index in [0.717, 1.165) is 49.8 Å². The maximum atomic E-state index is 13.5. The monoisotopic (exact) mass is 530 g/mol. The van der Waals surface area contributed by atoms with Crippen LogP contribution in [0.4, 0.5) is 19.4 Å². The first-order chi connectivity index (χ1) is 16.6. The van der Waals surface area contributed by atoms with Gasteiger partial charge in [-0.3, -0.25) is 9.69 Å². The van der Waals surface area contributed by atoms with Crippen LogP contribution in [0.5, 0.6) is 0 Å². The van der Waals surface area contributed by atoms with Gasteiger partial charge < -0.3 is 10.4 Å². The van der Waals surface area contributed by atoms with E-state index < -0.39 is 32.7 Å². The van der Waals surface area contributed by atoms with Crippen LogP contribution in [0.1, 0.15) is 60.0 Å². The number of nitrogens with one attached hydrogen (secondary N) is 1. The molecule has 0 bridgehead atoms. The average molecular weight is 531 g/mol. The van der Waals surface area contributed by atoms with Gasteiger partial charge in [0.25, 0.3) is 0 Å². The normalized spacial score (nSPS) is 24.4. The Morgan fingerprint density at radius 2 is 1.53 bits per heavy atom. The number of carboxylic acid groups (broad SMARTS) is 1. The predicted octanol–water partition coefficient (Wildman–Crippen LogP) is 6.59. The summed E-state index contributed by atoms with van der Waals surface area (Å²) in [6.45, 7) is 0.761. The third kappa shape index (κ3) is 5.08. The minimum Gasteiger partial charge on any atom is -0.478 e. The van der Waals surface area contributed by atoms with Crippen molar-refractivity contribution in [2.45, 2.75) is 61.5 Å². The molecule has 3 fully saturated rings. The fourth-order valence-corrected chi connectivity index (χ4v) is 5.86. The van der Waals surface area contributed by atoms with Crippen molar-refractivity contribution in [2.24, 2.45) is 5.41 Å². The number of carbonyl (C=O) groups is 2. The number of hydrogen-bond acceptors (Lipinski definition) is 3. The SMILES string of the molecule is O=C(O)c1ccc(C2(NC(=O)C3CC4(CCN3Cc3ccc(S(F)(F)(F)(F)F)cc3)CC4)CC2)cc1. The van der Waals surface area contributed by atoms with Crippen molar-refractivity contribution >= 4 is 22.1 Å². The van der Waals surface area contributed by atoms with Crippen LogP contribution in [-0.2, 0) is 16.9 Å². The molecule has 2 aromatic rings. The molecule has 5 nitrogen and oxygen atoms in total. The molecule has 196 valence electrons. The Bertz CT molecular complexity index is 1210. The van der Waals surface area contributed by atoms with E-state index in [1.807, 2.05) is 4.90 Å². The van der Waals surface area contributed by atoms with E-state index in [9.17, 15) is 29.0 Å².